The van der Waals surface area contributed by atoms with Crippen LogP contribution in [-0.2, 0) is 31.9 Å². The highest BCUT2D eigenvalue weighted by Crippen LogP contribution is 2.09. The maximum Gasteiger partial charge on any atom is 0.327 e. The number of carboxylic acids is 1. The molecule has 0 heterocycles. The van der Waals surface area contributed by atoms with E-state index in [1.807, 2.05) is 30.3 Å². The normalized spacial score (nSPS) is 16.1. The highest BCUT2D eigenvalue weighted by Gasteiger charge is 2.31. The monoisotopic (exact) mass is 326 g/mol. The van der Waals surface area contributed by atoms with Crippen molar-refractivity contribution in [3.05, 3.63) is 35.9 Å². The van der Waals surface area contributed by atoms with Gasteiger partial charge in [0.25, 0.3) is 0 Å². The lowest BCUT2D eigenvalue weighted by atomic mass is 10.00. The summed E-state index contributed by atoms with van der Waals surface area (Å²) in [5, 5.41) is 9.27. The number of nitrogens with one attached hydrogen (secondary N) is 1. The van der Waals surface area contributed by atoms with Crippen molar-refractivity contribution in [2.45, 2.75) is 24.6 Å². The average molecular weight is 326 g/mol. The number of aldehydes is 1. The van der Waals surface area contributed by atoms with E-state index in [-0.39, 0.29) is 6.29 Å². The summed E-state index contributed by atoms with van der Waals surface area (Å²) >= 11 is -2.94. The molecule has 1 aromatic rings. The molecule has 0 saturated heterocycles. The zero-order valence-electron chi connectivity index (χ0n) is 11.8. The Balaban J connectivity index is 2.76. The van der Waals surface area contributed by atoms with E-state index in [1.165, 1.54) is 0 Å². The van der Waals surface area contributed by atoms with Gasteiger partial charge in [0.2, 0.25) is 5.91 Å². The minimum absolute atomic E-state index is 0.00988. The van der Waals surface area contributed by atoms with E-state index in [0.717, 1.165) is 5.56 Å². The molecule has 3 unspecified atom stereocenters. The fraction of sp³-hybridized carbons (Fsp3) is 0.357. The predicted octanol–water partition coefficient (Wildman–Crippen LogP) is -0.119. The lowest BCUT2D eigenvalue weighted by molar-refractivity contribution is -0.143. The van der Waals surface area contributed by atoms with Crippen molar-refractivity contribution >= 4 is 29.2 Å². The first kappa shape index (κ1) is 18.0. The van der Waals surface area contributed by atoms with Crippen molar-refractivity contribution in [2.75, 3.05) is 0 Å². The maximum absolute atomic E-state index is 12.0. The first-order valence-corrected chi connectivity index (χ1v) is 7.61. The van der Waals surface area contributed by atoms with Crippen molar-refractivity contribution < 1.29 is 28.3 Å². The van der Waals surface area contributed by atoms with E-state index >= 15 is 0 Å². The Morgan fingerprint density at radius 3 is 2.41 bits per heavy atom. The Labute approximate surface area is 130 Å². The molecule has 2 N–H and O–H groups in total. The van der Waals surface area contributed by atoms with Crippen molar-refractivity contribution in [1.82, 2.24) is 5.32 Å². The van der Waals surface area contributed by atoms with Gasteiger partial charge in [0.15, 0.2) is 0 Å². The minimum Gasteiger partial charge on any atom is -0.772 e. The number of carbonyl (C=O) groups excluding carboxylic acids is 2. The fourth-order valence-corrected chi connectivity index (χ4v) is 2.37. The van der Waals surface area contributed by atoms with Crippen LogP contribution in [-0.4, -0.2) is 43.3 Å². The Morgan fingerprint density at radius 1 is 1.36 bits per heavy atom. The lowest BCUT2D eigenvalue weighted by Crippen LogP contribution is -2.52. The summed E-state index contributed by atoms with van der Waals surface area (Å²) in [5.74, 6) is -2.79. The van der Waals surface area contributed by atoms with Crippen LogP contribution in [0.5, 0.6) is 0 Å². The molecule has 1 amide bonds. The molecule has 7 nitrogen and oxygen atoms in total. The first-order chi connectivity index (χ1) is 10.4. The maximum atomic E-state index is 12.0. The van der Waals surface area contributed by atoms with Crippen LogP contribution in [0.4, 0.5) is 0 Å². The molecule has 4 atom stereocenters. The molecule has 0 spiro atoms. The van der Waals surface area contributed by atoms with Crippen LogP contribution in [0.1, 0.15) is 12.5 Å². The Bertz CT molecular complexity index is 562. The lowest BCUT2D eigenvalue weighted by Gasteiger charge is -2.23. The highest BCUT2D eigenvalue weighted by molar-refractivity contribution is 7.80. The van der Waals surface area contributed by atoms with Crippen molar-refractivity contribution in [3.8, 4) is 0 Å². The molecule has 0 bridgehead atoms. The number of rotatable bonds is 8. The van der Waals surface area contributed by atoms with Gasteiger partial charge in [0.1, 0.15) is 17.6 Å². The third-order valence-electron chi connectivity index (χ3n) is 3.08. The number of benzene rings is 1. The van der Waals surface area contributed by atoms with Gasteiger partial charge in [-0.1, -0.05) is 37.3 Å². The first-order valence-electron chi connectivity index (χ1n) is 6.47. The fourth-order valence-electron chi connectivity index (χ4n) is 1.88. The van der Waals surface area contributed by atoms with Crippen LogP contribution in [0, 0.1) is 5.92 Å². The van der Waals surface area contributed by atoms with Gasteiger partial charge in [-0.15, -0.1) is 0 Å². The second kappa shape index (κ2) is 8.40. The molecule has 0 aliphatic carbocycles. The van der Waals surface area contributed by atoms with Crippen LogP contribution < -0.4 is 5.32 Å². The summed E-state index contributed by atoms with van der Waals surface area (Å²) in [5.41, 5.74) is 0.886. The molecule has 1 rings (SSSR count). The van der Waals surface area contributed by atoms with Crippen molar-refractivity contribution in [1.29, 1.82) is 0 Å². The molecule has 1 aromatic carbocycles. The summed E-state index contributed by atoms with van der Waals surface area (Å²) in [6.07, 6.45) is 0.356. The van der Waals surface area contributed by atoms with Gasteiger partial charge in [-0.2, -0.15) is 0 Å². The summed E-state index contributed by atoms with van der Waals surface area (Å²) in [7, 11) is 0. The standard InChI is InChI=1S/C14H17NO6S/c1-9(7-10-5-3-2-4-6-10)13(17)15-12(14(18)19)11(8-16)22(20)21/h2-6,8-9,11-12H,7H2,1H3,(H,15,17)(H,18,19)(H,20,21)/p-1/t9?,11?,12-/m0/s1. The molecule has 0 aromatic heterocycles. The second-order valence-corrected chi connectivity index (χ2v) is 5.84. The van der Waals surface area contributed by atoms with E-state index < -0.39 is 40.2 Å². The molecule has 8 heteroatoms. The van der Waals surface area contributed by atoms with Gasteiger partial charge in [-0.25, -0.2) is 4.79 Å². The molecule has 0 radical (unpaired) electrons. The Morgan fingerprint density at radius 2 is 1.95 bits per heavy atom. The average Bonchev–Trinajstić information content (AvgIpc) is 2.47. The summed E-state index contributed by atoms with van der Waals surface area (Å²) in [6.45, 7) is 1.59. The van der Waals surface area contributed by atoms with E-state index in [1.54, 1.807) is 6.92 Å². The van der Waals surface area contributed by atoms with Gasteiger partial charge in [0, 0.05) is 5.92 Å². The minimum atomic E-state index is -2.94. The summed E-state index contributed by atoms with van der Waals surface area (Å²) < 4.78 is 21.7. The van der Waals surface area contributed by atoms with Crippen LogP contribution >= 0.6 is 0 Å². The summed E-state index contributed by atoms with van der Waals surface area (Å²) in [6, 6.07) is 7.28. The second-order valence-electron chi connectivity index (χ2n) is 4.78. The third-order valence-corrected chi connectivity index (χ3v) is 3.91. The van der Waals surface area contributed by atoms with Crippen LogP contribution in [0.3, 0.4) is 0 Å². The molecule has 22 heavy (non-hydrogen) atoms. The van der Waals surface area contributed by atoms with E-state index in [0.29, 0.717) is 6.42 Å². The van der Waals surface area contributed by atoms with E-state index in [4.69, 9.17) is 5.11 Å². The van der Waals surface area contributed by atoms with E-state index in [9.17, 15) is 23.1 Å². The van der Waals surface area contributed by atoms with Crippen molar-refractivity contribution in [3.63, 3.8) is 0 Å². The number of hydrogen-bond donors (Lipinski definition) is 2. The summed E-state index contributed by atoms with van der Waals surface area (Å²) in [4.78, 5) is 33.8. The van der Waals surface area contributed by atoms with Crippen LogP contribution in [0.25, 0.3) is 0 Å². The molecule has 0 aliphatic rings. The molecular formula is C14H16NO6S-. The number of carbonyl (C=O) groups is 3. The Hall–Kier alpha value is -2.06. The molecule has 0 saturated carbocycles. The van der Waals surface area contributed by atoms with Gasteiger partial charge >= 0.3 is 5.97 Å². The largest absolute Gasteiger partial charge is 0.772 e. The molecule has 0 fully saturated rings. The van der Waals surface area contributed by atoms with Crippen LogP contribution in [0.15, 0.2) is 30.3 Å². The topological polar surface area (TPSA) is 124 Å². The quantitative estimate of drug-likeness (QED) is 0.507. The van der Waals surface area contributed by atoms with Gasteiger partial charge < -0.3 is 19.8 Å². The smallest absolute Gasteiger partial charge is 0.327 e. The number of carboxylic acid groups (broad SMARTS) is 1. The van der Waals surface area contributed by atoms with E-state index in [2.05, 4.69) is 5.32 Å². The van der Waals surface area contributed by atoms with Crippen LogP contribution in [0.2, 0.25) is 0 Å². The van der Waals surface area contributed by atoms with Gasteiger partial charge in [-0.3, -0.25) is 9.00 Å². The van der Waals surface area contributed by atoms with Crippen molar-refractivity contribution in [2.24, 2.45) is 5.92 Å². The number of amides is 1. The highest BCUT2D eigenvalue weighted by atomic mass is 32.2. The number of aliphatic carboxylic acids is 1. The zero-order valence-corrected chi connectivity index (χ0v) is 12.6. The Kier molecular flexibility index (Phi) is 6.87. The van der Waals surface area contributed by atoms with Gasteiger partial charge in [-0.05, 0) is 23.1 Å². The predicted molar refractivity (Wildman–Crippen MR) is 77.6 cm³/mol. The SMILES string of the molecule is CC(Cc1ccccc1)C(=O)N[C@H](C(=O)O)C(C=O)S(=O)[O-]. The number of hydrogen-bond acceptors (Lipinski definition) is 5. The molecule has 120 valence electrons. The zero-order chi connectivity index (χ0) is 16.7. The van der Waals surface area contributed by atoms with Gasteiger partial charge in [0.05, 0.1) is 0 Å². The third kappa shape index (κ3) is 5.05. The molecular weight excluding hydrogens is 310 g/mol. The molecule has 0 aliphatic heterocycles.